The van der Waals surface area contributed by atoms with E-state index in [9.17, 15) is 4.79 Å². The van der Waals surface area contributed by atoms with Gasteiger partial charge in [0.25, 0.3) is 0 Å². The van der Waals surface area contributed by atoms with Crippen LogP contribution < -0.4 is 10.6 Å². The third kappa shape index (κ3) is 7.21. The Labute approximate surface area is 247 Å². The van der Waals surface area contributed by atoms with Gasteiger partial charge in [0, 0.05) is 67.0 Å². The molecule has 9 heteroatoms. The van der Waals surface area contributed by atoms with Crippen LogP contribution >= 0.6 is 0 Å². The lowest BCUT2D eigenvalue weighted by molar-refractivity contribution is -0.117. The summed E-state index contributed by atoms with van der Waals surface area (Å²) in [4.78, 5) is 24.1. The van der Waals surface area contributed by atoms with Crippen LogP contribution in [0.2, 0.25) is 0 Å². The summed E-state index contributed by atoms with van der Waals surface area (Å²) in [7, 11) is 0. The number of amides is 1. The zero-order valence-electron chi connectivity index (χ0n) is 24.4. The highest BCUT2D eigenvalue weighted by molar-refractivity contribution is 5.94. The molecule has 1 saturated heterocycles. The van der Waals surface area contributed by atoms with Crippen molar-refractivity contribution in [3.8, 4) is 22.5 Å². The Morgan fingerprint density at radius 3 is 2.62 bits per heavy atom. The van der Waals surface area contributed by atoms with Crippen molar-refractivity contribution in [2.45, 2.75) is 39.7 Å². The van der Waals surface area contributed by atoms with Gasteiger partial charge in [-0.05, 0) is 61.1 Å². The molecular formula is C33H39N7O2. The molecular weight excluding hydrogens is 526 g/mol. The van der Waals surface area contributed by atoms with Gasteiger partial charge < -0.3 is 15.4 Å². The molecule has 2 aromatic carbocycles. The SMILES string of the molecule is CC(C)Cn1cc(-c2ccnc(Nc3cccc(CCN4CCOCC4)c3)n2)c(-c2ccc(NC(=O)C3CC3)cc2)n1. The maximum Gasteiger partial charge on any atom is 0.227 e. The molecule has 6 rings (SSSR count). The minimum Gasteiger partial charge on any atom is -0.379 e. The summed E-state index contributed by atoms with van der Waals surface area (Å²) >= 11 is 0. The minimum atomic E-state index is 0.105. The molecule has 1 aliphatic carbocycles. The summed E-state index contributed by atoms with van der Waals surface area (Å²) in [6, 6.07) is 18.3. The fourth-order valence-corrected chi connectivity index (χ4v) is 5.21. The van der Waals surface area contributed by atoms with Crippen molar-refractivity contribution in [3.63, 3.8) is 0 Å². The van der Waals surface area contributed by atoms with Crippen molar-refractivity contribution in [2.24, 2.45) is 11.8 Å². The van der Waals surface area contributed by atoms with Crippen LogP contribution in [-0.2, 0) is 22.5 Å². The monoisotopic (exact) mass is 565 g/mol. The fourth-order valence-electron chi connectivity index (χ4n) is 5.21. The lowest BCUT2D eigenvalue weighted by Gasteiger charge is -2.26. The molecule has 1 aliphatic heterocycles. The van der Waals surface area contributed by atoms with E-state index in [1.165, 1.54) is 5.56 Å². The van der Waals surface area contributed by atoms with Gasteiger partial charge in [-0.25, -0.2) is 9.97 Å². The molecule has 2 aliphatic rings. The van der Waals surface area contributed by atoms with Gasteiger partial charge in [0.1, 0.15) is 5.69 Å². The number of ether oxygens (including phenoxy) is 1. The zero-order valence-corrected chi connectivity index (χ0v) is 24.4. The zero-order chi connectivity index (χ0) is 28.9. The highest BCUT2D eigenvalue weighted by Crippen LogP contribution is 2.33. The van der Waals surface area contributed by atoms with E-state index < -0.39 is 0 Å². The van der Waals surface area contributed by atoms with Crippen LogP contribution in [0.3, 0.4) is 0 Å². The van der Waals surface area contributed by atoms with Crippen LogP contribution in [0, 0.1) is 11.8 Å². The van der Waals surface area contributed by atoms with Crippen molar-refractivity contribution in [3.05, 3.63) is 72.6 Å². The van der Waals surface area contributed by atoms with Crippen LogP contribution in [0.5, 0.6) is 0 Å². The summed E-state index contributed by atoms with van der Waals surface area (Å²) in [5.41, 5.74) is 6.60. The van der Waals surface area contributed by atoms with E-state index in [-0.39, 0.29) is 11.8 Å². The smallest absolute Gasteiger partial charge is 0.227 e. The number of rotatable bonds is 11. The van der Waals surface area contributed by atoms with Crippen molar-refractivity contribution in [1.82, 2.24) is 24.6 Å². The molecule has 2 aromatic heterocycles. The van der Waals surface area contributed by atoms with Gasteiger partial charge in [0.15, 0.2) is 0 Å². The molecule has 0 unspecified atom stereocenters. The largest absolute Gasteiger partial charge is 0.379 e. The van der Waals surface area contributed by atoms with Crippen LogP contribution in [0.25, 0.3) is 22.5 Å². The number of aromatic nitrogens is 4. The first-order valence-electron chi connectivity index (χ1n) is 15.0. The second-order valence-corrected chi connectivity index (χ2v) is 11.6. The molecule has 0 radical (unpaired) electrons. The van der Waals surface area contributed by atoms with E-state index in [1.54, 1.807) is 6.20 Å². The lowest BCUT2D eigenvalue weighted by Crippen LogP contribution is -2.37. The van der Waals surface area contributed by atoms with Gasteiger partial charge in [-0.2, -0.15) is 5.10 Å². The number of carbonyl (C=O) groups is 1. The predicted molar refractivity (Wildman–Crippen MR) is 166 cm³/mol. The Morgan fingerprint density at radius 1 is 1.05 bits per heavy atom. The molecule has 0 spiro atoms. The molecule has 0 bridgehead atoms. The summed E-state index contributed by atoms with van der Waals surface area (Å²) < 4.78 is 7.46. The standard InChI is InChI=1S/C33H39N7O2/c1-23(2)21-40-22-29(31(38-40)25-8-10-27(11-9-25)35-32(41)26-6-7-26)30-12-14-34-33(37-30)36-28-5-3-4-24(20-28)13-15-39-16-18-42-19-17-39/h3-5,8-12,14,20,22-23,26H,6-7,13,15-19,21H2,1-2H3,(H,35,41)(H,34,36,37). The Morgan fingerprint density at radius 2 is 1.86 bits per heavy atom. The van der Waals surface area contributed by atoms with E-state index in [1.807, 2.05) is 41.1 Å². The number of nitrogens with one attached hydrogen (secondary N) is 2. The molecule has 3 heterocycles. The molecule has 9 nitrogen and oxygen atoms in total. The first kappa shape index (κ1) is 28.1. The second-order valence-electron chi connectivity index (χ2n) is 11.6. The normalized spacial score (nSPS) is 15.6. The number of anilines is 3. The molecule has 1 saturated carbocycles. The van der Waals surface area contributed by atoms with Gasteiger partial charge in [-0.15, -0.1) is 0 Å². The highest BCUT2D eigenvalue weighted by atomic mass is 16.5. The summed E-state index contributed by atoms with van der Waals surface area (Å²) in [6.07, 6.45) is 6.80. The van der Waals surface area contributed by atoms with Gasteiger partial charge in [0.05, 0.1) is 18.9 Å². The molecule has 0 atom stereocenters. The fraction of sp³-hybridized carbons (Fsp3) is 0.394. The van der Waals surface area contributed by atoms with Gasteiger partial charge in [-0.1, -0.05) is 38.1 Å². The van der Waals surface area contributed by atoms with E-state index in [2.05, 4.69) is 58.8 Å². The Hall–Kier alpha value is -4.08. The highest BCUT2D eigenvalue weighted by Gasteiger charge is 2.29. The number of hydrogen-bond donors (Lipinski definition) is 2. The van der Waals surface area contributed by atoms with Crippen molar-refractivity contribution in [2.75, 3.05) is 43.5 Å². The molecule has 2 fully saturated rings. The third-order valence-corrected chi connectivity index (χ3v) is 7.62. The van der Waals surface area contributed by atoms with E-state index in [0.717, 1.165) is 92.5 Å². The van der Waals surface area contributed by atoms with Gasteiger partial charge in [-0.3, -0.25) is 14.4 Å². The van der Waals surface area contributed by atoms with Crippen molar-refractivity contribution < 1.29 is 9.53 Å². The average Bonchev–Trinajstić information content (AvgIpc) is 3.78. The number of morpholine rings is 1. The molecule has 1 amide bonds. The third-order valence-electron chi connectivity index (χ3n) is 7.62. The number of hydrogen-bond acceptors (Lipinski definition) is 7. The summed E-state index contributed by atoms with van der Waals surface area (Å²) in [5.74, 6) is 1.26. The van der Waals surface area contributed by atoms with Crippen LogP contribution in [-0.4, -0.2) is 63.4 Å². The second kappa shape index (κ2) is 12.8. The maximum absolute atomic E-state index is 12.2. The predicted octanol–water partition coefficient (Wildman–Crippen LogP) is 5.63. The lowest BCUT2D eigenvalue weighted by atomic mass is 10.1. The first-order valence-corrected chi connectivity index (χ1v) is 15.0. The van der Waals surface area contributed by atoms with E-state index in [4.69, 9.17) is 14.8 Å². The van der Waals surface area contributed by atoms with Crippen LogP contribution in [0.1, 0.15) is 32.3 Å². The van der Waals surface area contributed by atoms with Gasteiger partial charge >= 0.3 is 0 Å². The molecule has 42 heavy (non-hydrogen) atoms. The van der Waals surface area contributed by atoms with Gasteiger partial charge in [0.2, 0.25) is 11.9 Å². The summed E-state index contributed by atoms with van der Waals surface area (Å²) in [6.45, 7) is 9.81. The van der Waals surface area contributed by atoms with E-state index in [0.29, 0.717) is 11.9 Å². The average molecular weight is 566 g/mol. The molecule has 4 aromatic rings. The van der Waals surface area contributed by atoms with Crippen molar-refractivity contribution in [1.29, 1.82) is 0 Å². The maximum atomic E-state index is 12.2. The first-order chi connectivity index (χ1) is 20.5. The molecule has 218 valence electrons. The number of nitrogens with zero attached hydrogens (tertiary/aromatic N) is 5. The van der Waals surface area contributed by atoms with Crippen LogP contribution in [0.15, 0.2) is 67.0 Å². The Bertz CT molecular complexity index is 1510. The Kier molecular flexibility index (Phi) is 8.58. The van der Waals surface area contributed by atoms with Crippen molar-refractivity contribution >= 4 is 23.2 Å². The van der Waals surface area contributed by atoms with E-state index >= 15 is 0 Å². The Balaban J connectivity index is 1.20. The number of carbonyl (C=O) groups excluding carboxylic acids is 1. The topological polar surface area (TPSA) is 97.2 Å². The number of benzene rings is 2. The minimum absolute atomic E-state index is 0.105. The summed E-state index contributed by atoms with van der Waals surface area (Å²) in [5, 5.41) is 11.4. The molecule has 2 N–H and O–H groups in total. The van der Waals surface area contributed by atoms with Crippen LogP contribution in [0.4, 0.5) is 17.3 Å². The quantitative estimate of drug-likeness (QED) is 0.243.